The number of nitrogens with zero attached hydrogens (tertiary/aromatic N) is 1. The molecule has 0 saturated carbocycles. The van der Waals surface area contributed by atoms with Crippen LogP contribution in [0.3, 0.4) is 0 Å². The highest BCUT2D eigenvalue weighted by molar-refractivity contribution is 6.07. The van der Waals surface area contributed by atoms with Gasteiger partial charge in [-0.15, -0.1) is 0 Å². The largest absolute Gasteiger partial charge is 0.462 e. The molecule has 8 heteroatoms. The Balaban J connectivity index is 1.61. The molecule has 0 spiro atoms. The number of hydrogen-bond acceptors (Lipinski definition) is 5. The predicted octanol–water partition coefficient (Wildman–Crippen LogP) is 2.50. The van der Waals surface area contributed by atoms with Crippen molar-refractivity contribution in [3.05, 3.63) is 59.8 Å². The van der Waals surface area contributed by atoms with Crippen molar-refractivity contribution in [3.63, 3.8) is 0 Å². The Bertz CT molecular complexity index is 1010. The van der Waals surface area contributed by atoms with Crippen LogP contribution in [0.25, 0.3) is 10.9 Å². The summed E-state index contributed by atoms with van der Waals surface area (Å²) in [5.74, 6) is -1.26. The monoisotopic (exact) mass is 380 g/mol. The van der Waals surface area contributed by atoms with E-state index in [9.17, 15) is 14.4 Å². The van der Waals surface area contributed by atoms with Crippen LogP contribution in [0.15, 0.2) is 48.5 Å². The minimum absolute atomic E-state index is 0.231. The third-order valence-corrected chi connectivity index (χ3v) is 4.09. The van der Waals surface area contributed by atoms with E-state index in [0.717, 1.165) is 5.52 Å². The van der Waals surface area contributed by atoms with E-state index in [1.54, 1.807) is 44.2 Å². The molecule has 0 bridgehead atoms. The maximum absolute atomic E-state index is 12.4. The average Bonchev–Trinajstić information content (AvgIpc) is 3.13. The second-order valence-corrected chi connectivity index (χ2v) is 6.10. The van der Waals surface area contributed by atoms with Gasteiger partial charge in [-0.3, -0.25) is 14.7 Å². The predicted molar refractivity (Wildman–Crippen MR) is 104 cm³/mol. The minimum atomic E-state index is -0.785. The summed E-state index contributed by atoms with van der Waals surface area (Å²) < 4.78 is 4.91. The maximum Gasteiger partial charge on any atom is 0.338 e. The van der Waals surface area contributed by atoms with Crippen LogP contribution in [-0.2, 0) is 9.53 Å². The number of H-pyrrole nitrogens is 1. The number of amides is 2. The molecule has 2 aromatic carbocycles. The molecule has 28 heavy (non-hydrogen) atoms. The Hall–Kier alpha value is -3.68. The van der Waals surface area contributed by atoms with E-state index in [-0.39, 0.29) is 5.69 Å². The zero-order valence-corrected chi connectivity index (χ0v) is 15.5. The van der Waals surface area contributed by atoms with Crippen molar-refractivity contribution in [2.24, 2.45) is 0 Å². The number of aromatic nitrogens is 2. The quantitative estimate of drug-likeness (QED) is 0.569. The van der Waals surface area contributed by atoms with Gasteiger partial charge in [0.15, 0.2) is 5.69 Å². The standard InChI is InChI=1S/C20H20N4O4/c1-3-28-20(27)13-8-10-14(11-9-13)22-18(25)12(2)21-19(26)17-15-6-4-5-7-16(15)23-24-17/h4-12H,3H2,1-2H3,(H,21,26)(H,22,25)(H,23,24). The number of hydrogen-bond donors (Lipinski definition) is 3. The fourth-order valence-electron chi connectivity index (χ4n) is 2.62. The molecule has 1 heterocycles. The lowest BCUT2D eigenvalue weighted by Crippen LogP contribution is -2.41. The molecule has 3 aromatic rings. The van der Waals surface area contributed by atoms with Gasteiger partial charge in [-0.25, -0.2) is 4.79 Å². The van der Waals surface area contributed by atoms with E-state index in [2.05, 4.69) is 20.8 Å². The number of benzene rings is 2. The normalized spacial score (nSPS) is 11.6. The number of ether oxygens (including phenoxy) is 1. The molecule has 2 amide bonds. The maximum atomic E-state index is 12.4. The number of carbonyl (C=O) groups excluding carboxylic acids is 3. The summed E-state index contributed by atoms with van der Waals surface area (Å²) >= 11 is 0. The first-order valence-corrected chi connectivity index (χ1v) is 8.81. The third-order valence-electron chi connectivity index (χ3n) is 4.09. The number of nitrogens with one attached hydrogen (secondary N) is 3. The number of para-hydroxylation sites is 1. The molecule has 1 aromatic heterocycles. The first kappa shape index (κ1) is 19.1. The highest BCUT2D eigenvalue weighted by Crippen LogP contribution is 2.15. The van der Waals surface area contributed by atoms with Crippen LogP contribution in [0.4, 0.5) is 5.69 Å². The summed E-state index contributed by atoms with van der Waals surface area (Å²) in [5.41, 5.74) is 1.87. The summed E-state index contributed by atoms with van der Waals surface area (Å²) in [4.78, 5) is 36.4. The van der Waals surface area contributed by atoms with Gasteiger partial charge in [-0.2, -0.15) is 5.10 Å². The van der Waals surface area contributed by atoms with E-state index >= 15 is 0 Å². The summed E-state index contributed by atoms with van der Waals surface area (Å²) in [5, 5.41) is 12.8. The van der Waals surface area contributed by atoms with Gasteiger partial charge in [0.05, 0.1) is 17.7 Å². The molecule has 144 valence electrons. The summed E-state index contributed by atoms with van der Waals surface area (Å²) in [6, 6.07) is 12.8. The Morgan fingerprint density at radius 1 is 1.11 bits per heavy atom. The van der Waals surface area contributed by atoms with Crippen LogP contribution in [0.2, 0.25) is 0 Å². The number of aromatic amines is 1. The molecular formula is C20H20N4O4. The number of esters is 1. The van der Waals surface area contributed by atoms with Crippen LogP contribution in [0, 0.1) is 0 Å². The van der Waals surface area contributed by atoms with Gasteiger partial charge in [0, 0.05) is 11.1 Å². The highest BCUT2D eigenvalue weighted by atomic mass is 16.5. The Morgan fingerprint density at radius 2 is 1.82 bits per heavy atom. The Kier molecular flexibility index (Phi) is 5.69. The molecule has 1 atom stereocenters. The fourth-order valence-corrected chi connectivity index (χ4v) is 2.62. The number of carbonyl (C=O) groups is 3. The van der Waals surface area contributed by atoms with E-state index < -0.39 is 23.8 Å². The second-order valence-electron chi connectivity index (χ2n) is 6.10. The molecule has 3 rings (SSSR count). The highest BCUT2D eigenvalue weighted by Gasteiger charge is 2.20. The molecule has 0 saturated heterocycles. The SMILES string of the molecule is CCOC(=O)c1ccc(NC(=O)C(C)NC(=O)c2n[nH]c3ccccc23)cc1. The number of anilines is 1. The van der Waals surface area contributed by atoms with Gasteiger partial charge < -0.3 is 15.4 Å². The number of fused-ring (bicyclic) bond motifs is 1. The molecule has 0 aliphatic carbocycles. The lowest BCUT2D eigenvalue weighted by molar-refractivity contribution is -0.117. The summed E-state index contributed by atoms with van der Waals surface area (Å²) in [7, 11) is 0. The molecule has 0 aliphatic rings. The lowest BCUT2D eigenvalue weighted by atomic mass is 10.2. The molecule has 3 N–H and O–H groups in total. The smallest absolute Gasteiger partial charge is 0.338 e. The molecular weight excluding hydrogens is 360 g/mol. The first-order chi connectivity index (χ1) is 13.5. The van der Waals surface area contributed by atoms with Crippen LogP contribution in [0.5, 0.6) is 0 Å². The lowest BCUT2D eigenvalue weighted by Gasteiger charge is -2.14. The Morgan fingerprint density at radius 3 is 2.54 bits per heavy atom. The van der Waals surface area contributed by atoms with Crippen molar-refractivity contribution in [2.45, 2.75) is 19.9 Å². The summed E-state index contributed by atoms with van der Waals surface area (Å²) in [6.07, 6.45) is 0. The first-order valence-electron chi connectivity index (χ1n) is 8.81. The van der Waals surface area contributed by atoms with E-state index in [0.29, 0.717) is 23.2 Å². The van der Waals surface area contributed by atoms with Crippen molar-refractivity contribution < 1.29 is 19.1 Å². The van der Waals surface area contributed by atoms with Gasteiger partial charge in [-0.05, 0) is 44.2 Å². The van der Waals surface area contributed by atoms with Crippen LogP contribution >= 0.6 is 0 Å². The molecule has 1 unspecified atom stereocenters. The molecule has 0 radical (unpaired) electrons. The van der Waals surface area contributed by atoms with Gasteiger partial charge in [0.25, 0.3) is 5.91 Å². The zero-order chi connectivity index (χ0) is 20.1. The van der Waals surface area contributed by atoms with Gasteiger partial charge >= 0.3 is 5.97 Å². The average molecular weight is 380 g/mol. The Labute approximate surface area is 161 Å². The van der Waals surface area contributed by atoms with Crippen LogP contribution < -0.4 is 10.6 Å². The van der Waals surface area contributed by atoms with E-state index in [4.69, 9.17) is 4.74 Å². The topological polar surface area (TPSA) is 113 Å². The van der Waals surface area contributed by atoms with Gasteiger partial charge in [0.2, 0.25) is 5.91 Å². The molecule has 0 aliphatic heterocycles. The molecule has 0 fully saturated rings. The van der Waals surface area contributed by atoms with Crippen molar-refractivity contribution in [1.82, 2.24) is 15.5 Å². The van der Waals surface area contributed by atoms with Crippen LogP contribution in [-0.4, -0.2) is 40.6 Å². The fraction of sp³-hybridized carbons (Fsp3) is 0.200. The van der Waals surface area contributed by atoms with Gasteiger partial charge in [-0.1, -0.05) is 18.2 Å². The minimum Gasteiger partial charge on any atom is -0.462 e. The molecule has 8 nitrogen and oxygen atoms in total. The van der Waals surface area contributed by atoms with Crippen molar-refractivity contribution >= 4 is 34.4 Å². The van der Waals surface area contributed by atoms with E-state index in [1.807, 2.05) is 18.2 Å². The second kappa shape index (κ2) is 8.34. The zero-order valence-electron chi connectivity index (χ0n) is 15.5. The van der Waals surface area contributed by atoms with Crippen molar-refractivity contribution in [1.29, 1.82) is 0 Å². The summed E-state index contributed by atoms with van der Waals surface area (Å²) in [6.45, 7) is 3.60. The van der Waals surface area contributed by atoms with Crippen molar-refractivity contribution in [2.75, 3.05) is 11.9 Å². The number of rotatable bonds is 6. The van der Waals surface area contributed by atoms with Crippen LogP contribution in [0.1, 0.15) is 34.7 Å². The van der Waals surface area contributed by atoms with E-state index in [1.165, 1.54) is 0 Å². The van der Waals surface area contributed by atoms with Gasteiger partial charge in [0.1, 0.15) is 6.04 Å². The third kappa shape index (κ3) is 4.17. The van der Waals surface area contributed by atoms with Crippen molar-refractivity contribution in [3.8, 4) is 0 Å².